The van der Waals surface area contributed by atoms with Gasteiger partial charge >= 0.3 is 0 Å². The molecule has 4 saturated heterocycles. The number of nitrogens with one attached hydrogen (secondary N) is 6. The second-order valence-corrected chi connectivity index (χ2v) is 23.0. The Morgan fingerprint density at radius 3 is 1.04 bits per heavy atom. The summed E-state index contributed by atoms with van der Waals surface area (Å²) in [6, 6.07) is -3.41. The number of aliphatic hydroxyl groups excluding tert-OH is 10. The Balaban J connectivity index is 1.30. The number of morpholine rings is 1. The summed E-state index contributed by atoms with van der Waals surface area (Å²) in [6.07, 6.45) is -17.0. The number of carbonyl (C=O) groups is 7. The minimum absolute atomic E-state index is 0.00274. The Morgan fingerprint density at radius 1 is 0.417 bits per heavy atom. The minimum Gasteiger partial charge on any atom is -0.394 e. The first-order valence-electron chi connectivity index (χ1n) is 31.9. The van der Waals surface area contributed by atoms with Gasteiger partial charge < -0.3 is 154 Å². The molecule has 556 valence electrons. The number of ether oxygens (including phenoxy) is 14. The van der Waals surface area contributed by atoms with E-state index >= 15 is 0 Å². The first-order valence-corrected chi connectivity index (χ1v) is 31.9. The van der Waals surface area contributed by atoms with E-state index in [2.05, 4.69) is 31.9 Å². The number of carbonyl (C=O) groups excluding carboxylic acids is 7. The first-order chi connectivity index (χ1) is 46.1. The molecule has 0 aliphatic carbocycles. The maximum atomic E-state index is 13.2. The molecule has 4 heterocycles. The molecule has 4 fully saturated rings. The minimum atomic E-state index is -1.49. The summed E-state index contributed by atoms with van der Waals surface area (Å²) in [4.78, 5) is 88.9. The van der Waals surface area contributed by atoms with Gasteiger partial charge in [-0.25, -0.2) is 0 Å². The molecular formula is C58H103N7O31. The highest BCUT2D eigenvalue weighted by molar-refractivity contribution is 5.77. The van der Waals surface area contributed by atoms with E-state index in [0.717, 1.165) is 0 Å². The lowest BCUT2D eigenvalue weighted by atomic mass is 9.92. The maximum Gasteiger partial charge on any atom is 0.225 e. The molecule has 16 unspecified atom stereocenters. The third kappa shape index (κ3) is 30.4. The van der Waals surface area contributed by atoms with Crippen LogP contribution >= 0.6 is 0 Å². The molecule has 7 amide bonds. The average molecular weight is 1390 g/mol. The predicted octanol–water partition coefficient (Wildman–Crippen LogP) is -9.90. The Bertz CT molecular complexity index is 2060. The van der Waals surface area contributed by atoms with Crippen molar-refractivity contribution in [2.45, 2.75) is 144 Å². The van der Waals surface area contributed by atoms with E-state index in [0.29, 0.717) is 6.54 Å². The quantitative estimate of drug-likeness (QED) is 0.0252. The van der Waals surface area contributed by atoms with Gasteiger partial charge in [-0.15, -0.1) is 0 Å². The van der Waals surface area contributed by atoms with Crippen LogP contribution in [-0.4, -0.2) is 373 Å². The fraction of sp³-hybridized carbons (Fsp3) is 0.879. The summed E-state index contributed by atoms with van der Waals surface area (Å²) < 4.78 is 80.0. The number of hydrogen-bond donors (Lipinski definition) is 16. The normalized spacial score (nSPS) is 28.2. The summed E-state index contributed by atoms with van der Waals surface area (Å²) >= 11 is 0. The highest BCUT2D eigenvalue weighted by Crippen LogP contribution is 2.26. The topological polar surface area (TPSA) is 526 Å². The summed E-state index contributed by atoms with van der Waals surface area (Å²) in [6.45, 7) is 1.36. The number of nitrogens with zero attached hydrogens (tertiary/aromatic N) is 1. The molecule has 0 aromatic heterocycles. The van der Waals surface area contributed by atoms with Crippen LogP contribution in [0.1, 0.15) is 46.5 Å². The van der Waals surface area contributed by atoms with Gasteiger partial charge in [0.2, 0.25) is 41.4 Å². The van der Waals surface area contributed by atoms with Crippen molar-refractivity contribution >= 4 is 41.4 Å². The third-order valence-electron chi connectivity index (χ3n) is 15.2. The lowest BCUT2D eigenvalue weighted by molar-refractivity contribution is -0.272. The van der Waals surface area contributed by atoms with E-state index in [1.165, 1.54) is 20.8 Å². The lowest BCUT2D eigenvalue weighted by Gasteiger charge is -2.42. The summed E-state index contributed by atoms with van der Waals surface area (Å²) in [5.74, 6) is -3.01. The van der Waals surface area contributed by atoms with Gasteiger partial charge in [0.15, 0.2) is 18.9 Å². The predicted molar refractivity (Wildman–Crippen MR) is 323 cm³/mol. The molecular weight excluding hydrogens is 1290 g/mol. The largest absolute Gasteiger partial charge is 0.394 e. The average Bonchev–Trinajstić information content (AvgIpc) is 0.874. The first kappa shape index (κ1) is 83.7. The molecule has 0 bridgehead atoms. The van der Waals surface area contributed by atoms with Gasteiger partial charge in [-0.1, -0.05) is 0 Å². The molecule has 4 aliphatic rings. The zero-order chi connectivity index (χ0) is 70.4. The van der Waals surface area contributed by atoms with E-state index < -0.39 is 159 Å². The fourth-order valence-electron chi connectivity index (χ4n) is 10.1. The van der Waals surface area contributed by atoms with Crippen LogP contribution in [0.15, 0.2) is 0 Å². The molecule has 4 rings (SSSR count). The van der Waals surface area contributed by atoms with Crippen LogP contribution in [0.25, 0.3) is 0 Å². The van der Waals surface area contributed by atoms with Crippen molar-refractivity contribution in [2.75, 3.05) is 178 Å². The van der Waals surface area contributed by atoms with Crippen molar-refractivity contribution in [3.63, 3.8) is 0 Å². The van der Waals surface area contributed by atoms with Crippen LogP contribution in [0.2, 0.25) is 0 Å². The van der Waals surface area contributed by atoms with E-state index in [1.807, 2.05) is 0 Å². The fourth-order valence-corrected chi connectivity index (χ4v) is 10.1. The van der Waals surface area contributed by atoms with Crippen molar-refractivity contribution < 1.29 is 151 Å². The zero-order valence-corrected chi connectivity index (χ0v) is 54.7. The highest BCUT2D eigenvalue weighted by Gasteiger charge is 2.48. The lowest BCUT2D eigenvalue weighted by Crippen LogP contribution is -2.64. The Labute approximate surface area is 555 Å². The van der Waals surface area contributed by atoms with Gasteiger partial charge in [-0.05, 0) is 0 Å². The molecule has 0 spiro atoms. The van der Waals surface area contributed by atoms with Crippen LogP contribution in [0.3, 0.4) is 0 Å². The second-order valence-electron chi connectivity index (χ2n) is 23.0. The zero-order valence-electron chi connectivity index (χ0n) is 54.7. The molecule has 4 aliphatic heterocycles. The second kappa shape index (κ2) is 46.6. The van der Waals surface area contributed by atoms with Crippen LogP contribution in [0, 0.1) is 5.41 Å². The molecule has 38 heteroatoms. The molecule has 0 aromatic carbocycles. The van der Waals surface area contributed by atoms with Gasteiger partial charge in [0.25, 0.3) is 0 Å². The molecule has 16 atom stereocenters. The van der Waals surface area contributed by atoms with Crippen molar-refractivity contribution in [1.29, 1.82) is 0 Å². The van der Waals surface area contributed by atoms with Crippen molar-refractivity contribution in [1.82, 2.24) is 36.8 Å². The van der Waals surface area contributed by atoms with Gasteiger partial charge in [0, 0.05) is 72.8 Å². The van der Waals surface area contributed by atoms with Crippen LogP contribution in [0.5, 0.6) is 0 Å². The van der Waals surface area contributed by atoms with Gasteiger partial charge in [-0.3, -0.25) is 33.6 Å². The molecule has 0 radical (unpaired) electrons. The number of aliphatic hydroxyl groups is 10. The molecule has 96 heavy (non-hydrogen) atoms. The number of amides is 7. The van der Waals surface area contributed by atoms with E-state index in [9.17, 15) is 84.6 Å². The highest BCUT2D eigenvalue weighted by atomic mass is 16.7. The Hall–Kier alpha value is -4.67. The van der Waals surface area contributed by atoms with Crippen LogP contribution in [-0.2, 0) is 99.9 Å². The number of hydrogen-bond acceptors (Lipinski definition) is 31. The van der Waals surface area contributed by atoms with Gasteiger partial charge in [0.05, 0.1) is 163 Å². The Kier molecular flexibility index (Phi) is 40.7. The van der Waals surface area contributed by atoms with E-state index in [4.69, 9.17) is 66.3 Å². The monoisotopic (exact) mass is 1390 g/mol. The van der Waals surface area contributed by atoms with E-state index in [-0.39, 0.29) is 183 Å². The molecule has 38 nitrogen and oxygen atoms in total. The van der Waals surface area contributed by atoms with Crippen LogP contribution < -0.4 is 31.9 Å². The summed E-state index contributed by atoms with van der Waals surface area (Å²) in [5, 5.41) is 116. The third-order valence-corrected chi connectivity index (χ3v) is 15.2. The van der Waals surface area contributed by atoms with E-state index in [1.54, 1.807) is 4.90 Å². The SMILES string of the molecule is CC(=O)NC1C(OCCOCCNC(=O)CCOCC(COCCC(=O)NCCOCCOC2OC(CO)C(O)C(O)C2NC(C)=O)(COCCC(=O)NCCOCCOC2OC(CO)C(O)C(O)C2NC(C)=O)COCCC(=O)N2CCOC(CO)C2)OC(CO)C(O)C1O. The molecule has 16 N–H and O–H groups in total. The van der Waals surface area contributed by atoms with Gasteiger partial charge in [-0.2, -0.15) is 0 Å². The van der Waals surface area contributed by atoms with Crippen molar-refractivity contribution in [3.8, 4) is 0 Å². The van der Waals surface area contributed by atoms with Crippen molar-refractivity contribution in [3.05, 3.63) is 0 Å². The Morgan fingerprint density at radius 2 is 0.740 bits per heavy atom. The molecule has 0 aromatic rings. The maximum absolute atomic E-state index is 13.2. The van der Waals surface area contributed by atoms with Crippen molar-refractivity contribution in [2.24, 2.45) is 5.41 Å². The van der Waals surface area contributed by atoms with Gasteiger partial charge in [0.1, 0.15) is 73.1 Å². The molecule has 0 saturated carbocycles. The summed E-state index contributed by atoms with van der Waals surface area (Å²) in [7, 11) is 0. The number of rotatable bonds is 48. The smallest absolute Gasteiger partial charge is 0.225 e. The summed E-state index contributed by atoms with van der Waals surface area (Å²) in [5.41, 5.74) is -1.18. The standard InChI is InChI=1S/C58H103N7O31/c1-35(70)62-46-52(80)49(77)39(28-67)94-55(46)91-23-20-83-16-8-59-42(73)4-12-86-31-58(34-89-15-7-45(76)65-11-19-90-38(26-65)27-66,32-87-13-5-43(74)60-9-17-84-21-24-92-56-47(63-36(2)71)53(81)50(78)40(29-68)95-56)33-88-14-6-44(75)61-10-18-85-22-25-93-57-48(64-37(3)72)54(82)51(79)41(30-69)96-57/h38-41,46-57,66-69,77-82H,4-34H2,1-3H3,(H,59,73)(H,60,74)(H,61,75)(H,62,70)(H,63,71)(H,64,72). The van der Waals surface area contributed by atoms with Crippen LogP contribution in [0.4, 0.5) is 0 Å².